The lowest BCUT2D eigenvalue weighted by molar-refractivity contribution is -0.133. The maximum Gasteiger partial charge on any atom is 0.222 e. The molecule has 7 nitrogen and oxygen atoms in total. The Balaban J connectivity index is 1.45. The van der Waals surface area contributed by atoms with Gasteiger partial charge in [0.25, 0.3) is 0 Å². The summed E-state index contributed by atoms with van der Waals surface area (Å²) < 4.78 is 14.8. The Morgan fingerprint density at radius 1 is 1.18 bits per heavy atom. The van der Waals surface area contributed by atoms with Crippen LogP contribution in [0.2, 0.25) is 5.02 Å². The van der Waals surface area contributed by atoms with E-state index in [1.807, 2.05) is 54.5 Å². The number of amides is 1. The van der Waals surface area contributed by atoms with Crippen LogP contribution >= 0.6 is 11.6 Å². The number of carbonyl (C=O) groups is 1. The normalized spacial score (nSPS) is 19.4. The number of imidazole rings is 1. The van der Waals surface area contributed by atoms with Gasteiger partial charge in [-0.25, -0.2) is 4.98 Å². The predicted molar refractivity (Wildman–Crippen MR) is 150 cm³/mol. The van der Waals surface area contributed by atoms with Crippen molar-refractivity contribution in [3.8, 4) is 11.4 Å². The zero-order valence-electron chi connectivity index (χ0n) is 22.5. The van der Waals surface area contributed by atoms with Crippen LogP contribution in [0.4, 0.5) is 5.69 Å². The number of hydrogen-bond acceptors (Lipinski definition) is 5. The molecular formula is C30H37ClN4O3. The topological polar surface area (TPSA) is 68.6 Å². The number of rotatable bonds is 8. The summed E-state index contributed by atoms with van der Waals surface area (Å²) in [6.45, 7) is 3.94. The van der Waals surface area contributed by atoms with Gasteiger partial charge in [0.2, 0.25) is 5.91 Å². The smallest absolute Gasteiger partial charge is 0.222 e. The Labute approximate surface area is 230 Å². The molecule has 3 heterocycles. The fourth-order valence-corrected chi connectivity index (χ4v) is 6.11. The average molecular weight is 537 g/mol. The monoisotopic (exact) mass is 536 g/mol. The first kappa shape index (κ1) is 26.6. The Bertz CT molecular complexity index is 1270. The summed E-state index contributed by atoms with van der Waals surface area (Å²) in [5.41, 5.74) is 3.64. The van der Waals surface area contributed by atoms with Crippen LogP contribution in [-0.4, -0.2) is 47.6 Å². The van der Waals surface area contributed by atoms with Crippen LogP contribution in [0.1, 0.15) is 74.6 Å². The molecule has 2 unspecified atom stereocenters. The second kappa shape index (κ2) is 11.8. The van der Waals surface area contributed by atoms with E-state index in [1.54, 1.807) is 13.3 Å². The Morgan fingerprint density at radius 2 is 2.00 bits per heavy atom. The van der Waals surface area contributed by atoms with Crippen molar-refractivity contribution in [1.29, 1.82) is 0 Å². The van der Waals surface area contributed by atoms with Crippen molar-refractivity contribution in [3.63, 3.8) is 0 Å². The summed E-state index contributed by atoms with van der Waals surface area (Å²) >= 11 is 6.50. The van der Waals surface area contributed by atoms with Gasteiger partial charge in [-0.2, -0.15) is 0 Å². The molecule has 0 aliphatic carbocycles. The molecule has 1 fully saturated rings. The van der Waals surface area contributed by atoms with Crippen molar-refractivity contribution in [1.82, 2.24) is 14.5 Å². The molecule has 0 bridgehead atoms. The first-order valence-electron chi connectivity index (χ1n) is 13.6. The second-order valence-electron chi connectivity index (χ2n) is 10.2. The minimum Gasteiger partial charge on any atom is -0.494 e. The van der Waals surface area contributed by atoms with E-state index >= 15 is 0 Å². The van der Waals surface area contributed by atoms with E-state index < -0.39 is 6.10 Å². The molecule has 2 atom stereocenters. The highest BCUT2D eigenvalue weighted by atomic mass is 35.5. The molecule has 1 amide bonds. The minimum absolute atomic E-state index is 0.192. The molecule has 8 heteroatoms. The van der Waals surface area contributed by atoms with Gasteiger partial charge in [0.1, 0.15) is 23.8 Å². The Kier molecular flexibility index (Phi) is 8.24. The summed E-state index contributed by atoms with van der Waals surface area (Å²) in [6.07, 6.45) is 8.50. The molecule has 1 saturated heterocycles. The summed E-state index contributed by atoms with van der Waals surface area (Å²) in [5, 5.41) is 3.84. The number of nitrogens with zero attached hydrogens (tertiary/aromatic N) is 3. The number of hydrogen-bond donors (Lipinski definition) is 1. The van der Waals surface area contributed by atoms with E-state index in [0.29, 0.717) is 17.9 Å². The predicted octanol–water partition coefficient (Wildman–Crippen LogP) is 6.56. The summed E-state index contributed by atoms with van der Waals surface area (Å²) in [7, 11) is 3.54. The Morgan fingerprint density at radius 3 is 2.74 bits per heavy atom. The number of benzene rings is 2. The van der Waals surface area contributed by atoms with E-state index in [-0.39, 0.29) is 12.0 Å². The number of anilines is 1. The molecule has 0 saturated carbocycles. The van der Waals surface area contributed by atoms with Gasteiger partial charge in [-0.1, -0.05) is 43.5 Å². The summed E-state index contributed by atoms with van der Waals surface area (Å²) in [4.78, 5) is 19.9. The number of carbonyl (C=O) groups excluding carboxylic acids is 1. The molecule has 1 N–H and O–H groups in total. The van der Waals surface area contributed by atoms with Crippen molar-refractivity contribution in [2.24, 2.45) is 5.92 Å². The summed E-state index contributed by atoms with van der Waals surface area (Å²) in [6, 6.07) is 11.8. The van der Waals surface area contributed by atoms with Gasteiger partial charge in [-0.05, 0) is 49.4 Å². The summed E-state index contributed by atoms with van der Waals surface area (Å²) in [5.74, 6) is 2.44. The van der Waals surface area contributed by atoms with E-state index in [0.717, 1.165) is 65.9 Å². The highest BCUT2D eigenvalue weighted by Crippen LogP contribution is 2.45. The molecule has 2 aliphatic rings. The van der Waals surface area contributed by atoms with E-state index in [1.165, 1.54) is 12.8 Å². The number of ether oxygens (including phenoxy) is 2. The third-order valence-electron chi connectivity index (χ3n) is 7.88. The van der Waals surface area contributed by atoms with Gasteiger partial charge in [-0.3, -0.25) is 4.79 Å². The highest BCUT2D eigenvalue weighted by Gasteiger charge is 2.34. The van der Waals surface area contributed by atoms with Crippen molar-refractivity contribution in [2.75, 3.05) is 32.6 Å². The molecule has 38 heavy (non-hydrogen) atoms. The lowest BCUT2D eigenvalue weighted by Gasteiger charge is -2.32. The number of nitrogens with one attached hydrogen (secondary N) is 1. The number of aromatic nitrogens is 2. The highest BCUT2D eigenvalue weighted by molar-refractivity contribution is 6.30. The zero-order valence-corrected chi connectivity index (χ0v) is 23.2. The number of likely N-dealkylation sites (tertiary alicyclic amines) is 1. The number of methoxy groups -OCH3 is 1. The molecule has 2 aliphatic heterocycles. The molecule has 1 aromatic heterocycles. The standard InChI is InChI=1S/C30H37ClN4O3/c1-4-6-20-13-16-34(17-14-20)27(36)12-11-26-30-33-15-18-35(30)25-10-9-21(31)19-23(25)28(38-26)22-7-5-8-24(32-2)29(22)37-3/h5,7-10,15,18-20,26,28,32H,4,6,11-14,16-17H2,1-3H3. The lowest BCUT2D eigenvalue weighted by atomic mass is 9.92. The van der Waals surface area contributed by atoms with Crippen LogP contribution in [0, 0.1) is 5.92 Å². The number of piperidine rings is 1. The second-order valence-corrected chi connectivity index (χ2v) is 10.6. The zero-order chi connectivity index (χ0) is 26.6. The SMILES string of the molecule is CCCC1CCN(C(=O)CCC2OC(c3cccc(NC)c3OC)c3cc(Cl)ccc3-n3ccnc32)CC1. The van der Waals surface area contributed by atoms with Crippen LogP contribution in [0.25, 0.3) is 5.69 Å². The van der Waals surface area contributed by atoms with Gasteiger partial charge in [0.15, 0.2) is 0 Å². The third kappa shape index (κ3) is 5.27. The van der Waals surface area contributed by atoms with Crippen molar-refractivity contribution in [3.05, 3.63) is 70.8 Å². The van der Waals surface area contributed by atoms with Crippen molar-refractivity contribution >= 4 is 23.2 Å². The van der Waals surface area contributed by atoms with Crippen LogP contribution in [0.5, 0.6) is 5.75 Å². The molecule has 5 rings (SSSR count). The first-order chi connectivity index (χ1) is 18.5. The maximum absolute atomic E-state index is 13.2. The van der Waals surface area contributed by atoms with Gasteiger partial charge in [0, 0.05) is 55.1 Å². The quantitative estimate of drug-likeness (QED) is 0.353. The molecule has 202 valence electrons. The fraction of sp³-hybridized carbons (Fsp3) is 0.467. The molecule has 0 spiro atoms. The molecule has 2 aromatic carbocycles. The lowest BCUT2D eigenvalue weighted by Crippen LogP contribution is -2.38. The number of para-hydroxylation sites is 1. The van der Waals surface area contributed by atoms with E-state index in [4.69, 9.17) is 21.1 Å². The average Bonchev–Trinajstić information content (AvgIpc) is 3.38. The van der Waals surface area contributed by atoms with Gasteiger partial charge >= 0.3 is 0 Å². The van der Waals surface area contributed by atoms with Crippen LogP contribution in [0.3, 0.4) is 0 Å². The fourth-order valence-electron chi connectivity index (χ4n) is 5.93. The van der Waals surface area contributed by atoms with Crippen LogP contribution in [-0.2, 0) is 9.53 Å². The molecular weight excluding hydrogens is 500 g/mol. The van der Waals surface area contributed by atoms with Crippen molar-refractivity contribution < 1.29 is 14.3 Å². The van der Waals surface area contributed by atoms with E-state index in [2.05, 4.69) is 21.8 Å². The van der Waals surface area contributed by atoms with Crippen LogP contribution < -0.4 is 10.1 Å². The third-order valence-corrected chi connectivity index (χ3v) is 8.11. The van der Waals surface area contributed by atoms with E-state index in [9.17, 15) is 4.79 Å². The van der Waals surface area contributed by atoms with Gasteiger partial charge in [0.05, 0.1) is 18.5 Å². The number of halogens is 1. The molecule has 0 radical (unpaired) electrons. The van der Waals surface area contributed by atoms with Gasteiger partial charge in [-0.15, -0.1) is 0 Å². The van der Waals surface area contributed by atoms with Crippen LogP contribution in [0.15, 0.2) is 48.8 Å². The Hall–Kier alpha value is -3.03. The number of fused-ring (bicyclic) bond motifs is 3. The van der Waals surface area contributed by atoms with Gasteiger partial charge < -0.3 is 24.3 Å². The molecule has 3 aromatic rings. The maximum atomic E-state index is 13.2. The van der Waals surface area contributed by atoms with Crippen molar-refractivity contribution in [2.45, 2.75) is 57.7 Å². The minimum atomic E-state index is -0.460. The largest absolute Gasteiger partial charge is 0.494 e. The first-order valence-corrected chi connectivity index (χ1v) is 14.0.